The summed E-state index contributed by atoms with van der Waals surface area (Å²) in [6.45, 7) is 1.55. The summed E-state index contributed by atoms with van der Waals surface area (Å²) in [6, 6.07) is 20.0. The van der Waals surface area contributed by atoms with E-state index < -0.39 is 12.1 Å². The molecule has 4 rings (SSSR count). The number of nitrogens with one attached hydrogen (secondary N) is 1. The molecule has 1 amide bonds. The average molecular weight is 431 g/mol. The van der Waals surface area contributed by atoms with Crippen molar-refractivity contribution in [1.82, 2.24) is 20.1 Å². The molecule has 2 atom stereocenters. The number of carbonyl (C=O) groups excluding carboxylic acids is 1. The van der Waals surface area contributed by atoms with Gasteiger partial charge >= 0.3 is 0 Å². The van der Waals surface area contributed by atoms with Gasteiger partial charge in [0.2, 0.25) is 0 Å². The molecule has 4 aromatic rings. The van der Waals surface area contributed by atoms with E-state index in [1.165, 1.54) is 0 Å². The molecular formula is C25H26N4O3. The number of benzene rings is 2. The maximum absolute atomic E-state index is 13.3. The molecule has 0 saturated carbocycles. The van der Waals surface area contributed by atoms with Gasteiger partial charge in [-0.15, -0.1) is 0 Å². The minimum absolute atomic E-state index is 0.193. The lowest BCUT2D eigenvalue weighted by molar-refractivity contribution is 0.0867. The van der Waals surface area contributed by atoms with Crippen molar-refractivity contribution in [3.63, 3.8) is 0 Å². The lowest BCUT2D eigenvalue weighted by Crippen LogP contribution is -2.38. The zero-order valence-corrected chi connectivity index (χ0v) is 18.1. The Labute approximate surface area is 186 Å². The standard InChI is InChI=1S/C25H26N4O3/c1-16-23-20(14-21(17-9-5-3-6-10-17)27-24(23)29(2)28-16)25(32)26-19(15-30)13-22(31)18-11-7-4-8-12-18/h3-12,14,19,22,30-31H,13,15H2,1-2H3,(H,26,32)/t19-,22+/m1/s1. The van der Waals surface area contributed by atoms with Crippen molar-refractivity contribution in [2.75, 3.05) is 6.61 Å². The molecule has 2 aromatic heterocycles. The number of aliphatic hydroxyl groups is 2. The third-order valence-corrected chi connectivity index (χ3v) is 5.53. The van der Waals surface area contributed by atoms with Crippen LogP contribution in [0.1, 0.15) is 34.1 Å². The Morgan fingerprint density at radius 2 is 1.75 bits per heavy atom. The van der Waals surface area contributed by atoms with Crippen LogP contribution in [-0.2, 0) is 7.05 Å². The van der Waals surface area contributed by atoms with Crippen molar-refractivity contribution >= 4 is 16.9 Å². The van der Waals surface area contributed by atoms with Gasteiger partial charge in [0.25, 0.3) is 5.91 Å². The molecule has 7 nitrogen and oxygen atoms in total. The molecule has 0 aliphatic rings. The molecule has 2 aromatic carbocycles. The molecule has 2 heterocycles. The monoisotopic (exact) mass is 430 g/mol. The van der Waals surface area contributed by atoms with E-state index in [2.05, 4.69) is 10.4 Å². The van der Waals surface area contributed by atoms with Gasteiger partial charge in [0.15, 0.2) is 5.65 Å². The molecule has 0 radical (unpaired) electrons. The first-order valence-corrected chi connectivity index (χ1v) is 10.5. The van der Waals surface area contributed by atoms with Crippen molar-refractivity contribution < 1.29 is 15.0 Å². The van der Waals surface area contributed by atoms with Crippen LogP contribution in [0, 0.1) is 6.92 Å². The highest BCUT2D eigenvalue weighted by Crippen LogP contribution is 2.27. The number of carbonyl (C=O) groups is 1. The van der Waals surface area contributed by atoms with Gasteiger partial charge in [0.1, 0.15) is 0 Å². The van der Waals surface area contributed by atoms with E-state index >= 15 is 0 Å². The number of aryl methyl sites for hydroxylation is 2. The van der Waals surface area contributed by atoms with Crippen molar-refractivity contribution in [2.24, 2.45) is 7.05 Å². The van der Waals surface area contributed by atoms with Crippen molar-refractivity contribution in [2.45, 2.75) is 25.5 Å². The van der Waals surface area contributed by atoms with Gasteiger partial charge in [-0.1, -0.05) is 60.7 Å². The van der Waals surface area contributed by atoms with Gasteiger partial charge in [0.05, 0.1) is 41.1 Å². The number of hydrogen-bond acceptors (Lipinski definition) is 5. The molecule has 0 aliphatic carbocycles. The van der Waals surface area contributed by atoms with Crippen LogP contribution in [0.3, 0.4) is 0 Å². The van der Waals surface area contributed by atoms with E-state index in [1.807, 2.05) is 67.6 Å². The number of aliphatic hydroxyl groups excluding tert-OH is 2. The van der Waals surface area contributed by atoms with Crippen LogP contribution < -0.4 is 5.32 Å². The van der Waals surface area contributed by atoms with E-state index in [0.29, 0.717) is 28.0 Å². The largest absolute Gasteiger partial charge is 0.394 e. The number of amides is 1. The molecule has 7 heteroatoms. The fraction of sp³-hybridized carbons (Fsp3) is 0.240. The summed E-state index contributed by atoms with van der Waals surface area (Å²) < 4.78 is 1.66. The SMILES string of the molecule is Cc1nn(C)c2nc(-c3ccccc3)cc(C(=O)N[C@@H](CO)C[C@H](O)c3ccccc3)c12. The summed E-state index contributed by atoms with van der Waals surface area (Å²) >= 11 is 0. The van der Waals surface area contributed by atoms with Crippen LogP contribution in [0.25, 0.3) is 22.3 Å². The predicted molar refractivity (Wildman–Crippen MR) is 123 cm³/mol. The Morgan fingerprint density at radius 3 is 2.41 bits per heavy atom. The van der Waals surface area contributed by atoms with E-state index in [1.54, 1.807) is 17.8 Å². The fourth-order valence-corrected chi connectivity index (χ4v) is 3.90. The predicted octanol–water partition coefficient (Wildman–Crippen LogP) is 3.16. The summed E-state index contributed by atoms with van der Waals surface area (Å²) in [5, 5.41) is 28.4. The third-order valence-electron chi connectivity index (χ3n) is 5.53. The first kappa shape index (κ1) is 21.7. The molecule has 0 unspecified atom stereocenters. The smallest absolute Gasteiger partial charge is 0.252 e. The molecule has 164 valence electrons. The molecular weight excluding hydrogens is 404 g/mol. The second kappa shape index (κ2) is 9.30. The van der Waals surface area contributed by atoms with Crippen LogP contribution >= 0.6 is 0 Å². The molecule has 0 spiro atoms. The highest BCUT2D eigenvalue weighted by atomic mass is 16.3. The van der Waals surface area contributed by atoms with Gasteiger partial charge in [0, 0.05) is 12.6 Å². The topological polar surface area (TPSA) is 100 Å². The molecule has 0 bridgehead atoms. The van der Waals surface area contributed by atoms with E-state index in [9.17, 15) is 15.0 Å². The Hall–Kier alpha value is -3.55. The molecule has 0 fully saturated rings. The number of fused-ring (bicyclic) bond motifs is 1. The number of pyridine rings is 1. The lowest BCUT2D eigenvalue weighted by atomic mass is 10.0. The van der Waals surface area contributed by atoms with Crippen LogP contribution in [0.4, 0.5) is 0 Å². The zero-order valence-electron chi connectivity index (χ0n) is 18.1. The Morgan fingerprint density at radius 1 is 1.09 bits per heavy atom. The minimum Gasteiger partial charge on any atom is -0.394 e. The summed E-state index contributed by atoms with van der Waals surface area (Å²) in [5.74, 6) is -0.343. The van der Waals surface area contributed by atoms with E-state index in [0.717, 1.165) is 11.1 Å². The van der Waals surface area contributed by atoms with Crippen LogP contribution in [0.5, 0.6) is 0 Å². The normalized spacial score (nSPS) is 13.1. The summed E-state index contributed by atoms with van der Waals surface area (Å²) in [4.78, 5) is 18.0. The maximum atomic E-state index is 13.3. The Balaban J connectivity index is 1.66. The summed E-state index contributed by atoms with van der Waals surface area (Å²) in [6.07, 6.45) is -0.607. The van der Waals surface area contributed by atoms with Gasteiger partial charge in [-0.05, 0) is 25.0 Å². The lowest BCUT2D eigenvalue weighted by Gasteiger charge is -2.20. The van der Waals surface area contributed by atoms with Crippen molar-refractivity contribution in [3.8, 4) is 11.3 Å². The maximum Gasteiger partial charge on any atom is 0.252 e. The third kappa shape index (κ3) is 4.39. The number of nitrogens with zero attached hydrogens (tertiary/aromatic N) is 3. The molecule has 32 heavy (non-hydrogen) atoms. The fourth-order valence-electron chi connectivity index (χ4n) is 3.90. The Bertz CT molecular complexity index is 1220. The molecule has 3 N–H and O–H groups in total. The average Bonchev–Trinajstić information content (AvgIpc) is 3.12. The summed E-state index contributed by atoms with van der Waals surface area (Å²) in [7, 11) is 1.80. The second-order valence-electron chi connectivity index (χ2n) is 7.84. The highest BCUT2D eigenvalue weighted by Gasteiger charge is 2.23. The first-order chi connectivity index (χ1) is 15.5. The second-order valence-corrected chi connectivity index (χ2v) is 7.84. The molecule has 0 saturated heterocycles. The van der Waals surface area contributed by atoms with E-state index in [4.69, 9.17) is 4.98 Å². The number of hydrogen-bond donors (Lipinski definition) is 3. The van der Waals surface area contributed by atoms with Crippen LogP contribution in [0.15, 0.2) is 66.7 Å². The van der Waals surface area contributed by atoms with Gasteiger partial charge < -0.3 is 15.5 Å². The quantitative estimate of drug-likeness (QED) is 0.418. The number of aromatic nitrogens is 3. The molecule has 0 aliphatic heterocycles. The van der Waals surface area contributed by atoms with Crippen molar-refractivity contribution in [1.29, 1.82) is 0 Å². The zero-order chi connectivity index (χ0) is 22.7. The van der Waals surface area contributed by atoms with Crippen LogP contribution in [0.2, 0.25) is 0 Å². The van der Waals surface area contributed by atoms with Gasteiger partial charge in [-0.3, -0.25) is 9.48 Å². The number of rotatable bonds is 7. The van der Waals surface area contributed by atoms with Crippen molar-refractivity contribution in [3.05, 3.63) is 83.6 Å². The minimum atomic E-state index is -0.800. The van der Waals surface area contributed by atoms with Gasteiger partial charge in [-0.2, -0.15) is 5.10 Å². The highest BCUT2D eigenvalue weighted by molar-refractivity contribution is 6.07. The first-order valence-electron chi connectivity index (χ1n) is 10.5. The van der Waals surface area contributed by atoms with Gasteiger partial charge in [-0.25, -0.2) is 4.98 Å². The summed E-state index contributed by atoms with van der Waals surface area (Å²) in [5.41, 5.74) is 4.04. The Kier molecular flexibility index (Phi) is 6.30. The van der Waals surface area contributed by atoms with Crippen LogP contribution in [-0.4, -0.2) is 43.5 Å². The van der Waals surface area contributed by atoms with E-state index in [-0.39, 0.29) is 18.9 Å².